The van der Waals surface area contributed by atoms with Gasteiger partial charge in [-0.25, -0.2) is 10.5 Å². The SMILES string of the molecule is O=C(C=Cc1ccc(Cc2ncc(-c3ccccc3)[nH]2)cc1)NO. The van der Waals surface area contributed by atoms with E-state index in [1.807, 2.05) is 60.8 Å². The number of hydrogen-bond donors (Lipinski definition) is 3. The van der Waals surface area contributed by atoms with E-state index in [1.165, 1.54) is 6.08 Å². The second kappa shape index (κ2) is 7.39. The number of aromatic nitrogens is 2. The van der Waals surface area contributed by atoms with Crippen LogP contribution in [0.15, 0.2) is 66.9 Å². The molecular weight excluding hydrogens is 302 g/mol. The van der Waals surface area contributed by atoms with Crippen LogP contribution in [0.5, 0.6) is 0 Å². The first-order chi connectivity index (χ1) is 11.7. The van der Waals surface area contributed by atoms with Gasteiger partial charge in [0.2, 0.25) is 0 Å². The summed E-state index contributed by atoms with van der Waals surface area (Å²) in [5.41, 5.74) is 5.67. The van der Waals surface area contributed by atoms with Crippen molar-refractivity contribution in [2.75, 3.05) is 0 Å². The van der Waals surface area contributed by atoms with E-state index in [1.54, 1.807) is 11.6 Å². The Morgan fingerprint density at radius 2 is 1.88 bits per heavy atom. The first kappa shape index (κ1) is 15.7. The van der Waals surface area contributed by atoms with Gasteiger partial charge < -0.3 is 4.98 Å². The summed E-state index contributed by atoms with van der Waals surface area (Å²) in [4.78, 5) is 18.7. The van der Waals surface area contributed by atoms with E-state index in [4.69, 9.17) is 5.21 Å². The fourth-order valence-corrected chi connectivity index (χ4v) is 2.37. The molecule has 3 aromatic rings. The minimum atomic E-state index is -0.553. The average molecular weight is 319 g/mol. The van der Waals surface area contributed by atoms with Crippen molar-refractivity contribution in [1.82, 2.24) is 15.4 Å². The fourth-order valence-electron chi connectivity index (χ4n) is 2.37. The highest BCUT2D eigenvalue weighted by Crippen LogP contribution is 2.17. The molecule has 0 radical (unpaired) electrons. The van der Waals surface area contributed by atoms with E-state index >= 15 is 0 Å². The number of carbonyl (C=O) groups excluding carboxylic acids is 1. The molecule has 0 fully saturated rings. The molecule has 120 valence electrons. The second-order valence-corrected chi connectivity index (χ2v) is 5.34. The highest BCUT2D eigenvalue weighted by Gasteiger charge is 2.04. The lowest BCUT2D eigenvalue weighted by Gasteiger charge is -2.00. The number of H-pyrrole nitrogens is 1. The summed E-state index contributed by atoms with van der Waals surface area (Å²) in [5.74, 6) is 0.347. The van der Waals surface area contributed by atoms with Crippen LogP contribution in [0, 0.1) is 0 Å². The van der Waals surface area contributed by atoms with Crippen LogP contribution < -0.4 is 5.48 Å². The second-order valence-electron chi connectivity index (χ2n) is 5.34. The highest BCUT2D eigenvalue weighted by atomic mass is 16.5. The molecule has 3 rings (SSSR count). The number of nitrogens with one attached hydrogen (secondary N) is 2. The van der Waals surface area contributed by atoms with Gasteiger partial charge in [0.1, 0.15) is 5.82 Å². The standard InChI is InChI=1S/C19H17N3O2/c23-19(22-24)11-10-14-6-8-15(9-7-14)12-18-20-13-17(21-18)16-4-2-1-3-5-16/h1-11,13,24H,12H2,(H,20,21)(H,22,23). The van der Waals surface area contributed by atoms with Gasteiger partial charge in [-0.15, -0.1) is 0 Å². The minimum absolute atomic E-state index is 0.553. The number of hydroxylamine groups is 1. The average Bonchev–Trinajstić information content (AvgIpc) is 3.10. The molecule has 0 saturated heterocycles. The maximum Gasteiger partial charge on any atom is 0.267 e. The topological polar surface area (TPSA) is 78.0 Å². The summed E-state index contributed by atoms with van der Waals surface area (Å²) in [6.45, 7) is 0. The van der Waals surface area contributed by atoms with Gasteiger partial charge in [-0.1, -0.05) is 54.6 Å². The Kier molecular flexibility index (Phi) is 4.84. The summed E-state index contributed by atoms with van der Waals surface area (Å²) in [6, 6.07) is 17.9. The van der Waals surface area contributed by atoms with Crippen molar-refractivity contribution in [1.29, 1.82) is 0 Å². The van der Waals surface area contributed by atoms with Crippen LogP contribution in [0.25, 0.3) is 17.3 Å². The predicted molar refractivity (Wildman–Crippen MR) is 92.2 cm³/mol. The number of carbonyl (C=O) groups is 1. The van der Waals surface area contributed by atoms with Crippen LogP contribution in [0.3, 0.4) is 0 Å². The molecule has 0 atom stereocenters. The molecule has 3 N–H and O–H groups in total. The molecule has 0 spiro atoms. The third-order valence-corrected chi connectivity index (χ3v) is 3.60. The molecule has 0 bridgehead atoms. The zero-order chi connectivity index (χ0) is 16.8. The van der Waals surface area contributed by atoms with E-state index < -0.39 is 5.91 Å². The third-order valence-electron chi connectivity index (χ3n) is 3.60. The lowest BCUT2D eigenvalue weighted by molar-refractivity contribution is -0.124. The van der Waals surface area contributed by atoms with E-state index in [-0.39, 0.29) is 0 Å². The number of hydrogen-bond acceptors (Lipinski definition) is 3. The normalized spacial score (nSPS) is 10.9. The fraction of sp³-hybridized carbons (Fsp3) is 0.0526. The van der Waals surface area contributed by atoms with Crippen molar-refractivity contribution in [3.63, 3.8) is 0 Å². The van der Waals surface area contributed by atoms with Crippen molar-refractivity contribution in [2.24, 2.45) is 0 Å². The van der Waals surface area contributed by atoms with Crippen molar-refractivity contribution in [3.05, 3.63) is 83.8 Å². The van der Waals surface area contributed by atoms with Gasteiger partial charge >= 0.3 is 0 Å². The van der Waals surface area contributed by atoms with Crippen molar-refractivity contribution < 1.29 is 10.0 Å². The molecule has 1 heterocycles. The maximum absolute atomic E-state index is 11.0. The molecule has 5 nitrogen and oxygen atoms in total. The molecule has 0 unspecified atom stereocenters. The van der Waals surface area contributed by atoms with Crippen LogP contribution in [0.1, 0.15) is 17.0 Å². The van der Waals surface area contributed by atoms with Gasteiger partial charge in [-0.3, -0.25) is 10.0 Å². The molecule has 5 heteroatoms. The Labute approximate surface area is 139 Å². The number of amides is 1. The van der Waals surface area contributed by atoms with Gasteiger partial charge in [0, 0.05) is 12.5 Å². The number of imidazole rings is 1. The van der Waals surface area contributed by atoms with Gasteiger partial charge in [-0.05, 0) is 22.8 Å². The summed E-state index contributed by atoms with van der Waals surface area (Å²) >= 11 is 0. The number of nitrogens with zero attached hydrogens (tertiary/aromatic N) is 1. The van der Waals surface area contributed by atoms with E-state index in [0.717, 1.165) is 28.2 Å². The summed E-state index contributed by atoms with van der Waals surface area (Å²) < 4.78 is 0. The van der Waals surface area contributed by atoms with Crippen LogP contribution >= 0.6 is 0 Å². The Morgan fingerprint density at radius 1 is 1.12 bits per heavy atom. The first-order valence-electron chi connectivity index (χ1n) is 7.55. The van der Waals surface area contributed by atoms with E-state index in [0.29, 0.717) is 6.42 Å². The van der Waals surface area contributed by atoms with Gasteiger partial charge in [-0.2, -0.15) is 0 Å². The Morgan fingerprint density at radius 3 is 2.58 bits per heavy atom. The minimum Gasteiger partial charge on any atom is -0.342 e. The highest BCUT2D eigenvalue weighted by molar-refractivity contribution is 5.90. The predicted octanol–water partition coefficient (Wildman–Crippen LogP) is 3.19. The van der Waals surface area contributed by atoms with Gasteiger partial charge in [0.25, 0.3) is 5.91 Å². The van der Waals surface area contributed by atoms with Crippen LogP contribution in [0.2, 0.25) is 0 Å². The summed E-state index contributed by atoms with van der Waals surface area (Å²) in [5, 5.41) is 8.44. The Hall–Kier alpha value is -3.18. The van der Waals surface area contributed by atoms with Crippen LogP contribution in [0.4, 0.5) is 0 Å². The van der Waals surface area contributed by atoms with E-state index in [2.05, 4.69) is 9.97 Å². The van der Waals surface area contributed by atoms with Crippen molar-refractivity contribution in [3.8, 4) is 11.3 Å². The zero-order valence-electron chi connectivity index (χ0n) is 12.9. The van der Waals surface area contributed by atoms with Crippen molar-refractivity contribution >= 4 is 12.0 Å². The van der Waals surface area contributed by atoms with Crippen LogP contribution in [-0.2, 0) is 11.2 Å². The lowest BCUT2D eigenvalue weighted by Crippen LogP contribution is -2.14. The van der Waals surface area contributed by atoms with Gasteiger partial charge in [0.05, 0.1) is 11.9 Å². The maximum atomic E-state index is 11.0. The van der Waals surface area contributed by atoms with Crippen molar-refractivity contribution in [2.45, 2.75) is 6.42 Å². The molecule has 1 amide bonds. The Bertz CT molecular complexity index is 837. The molecule has 0 aliphatic heterocycles. The molecule has 0 aliphatic carbocycles. The summed E-state index contributed by atoms with van der Waals surface area (Å²) in [6.07, 6.45) is 5.45. The largest absolute Gasteiger partial charge is 0.342 e. The number of aromatic amines is 1. The first-order valence-corrected chi connectivity index (χ1v) is 7.55. The molecule has 1 aromatic heterocycles. The molecular formula is C19H17N3O2. The van der Waals surface area contributed by atoms with Crippen LogP contribution in [-0.4, -0.2) is 21.1 Å². The number of benzene rings is 2. The lowest BCUT2D eigenvalue weighted by atomic mass is 10.1. The molecule has 2 aromatic carbocycles. The monoisotopic (exact) mass is 319 g/mol. The zero-order valence-corrected chi connectivity index (χ0v) is 12.9. The van der Waals surface area contributed by atoms with Gasteiger partial charge in [0.15, 0.2) is 0 Å². The smallest absolute Gasteiger partial charge is 0.267 e. The van der Waals surface area contributed by atoms with E-state index in [9.17, 15) is 4.79 Å². The Balaban J connectivity index is 1.67. The third kappa shape index (κ3) is 3.97. The molecule has 24 heavy (non-hydrogen) atoms. The molecule has 0 saturated carbocycles. The quantitative estimate of drug-likeness (QED) is 0.384. The summed E-state index contributed by atoms with van der Waals surface area (Å²) in [7, 11) is 0. The molecule has 0 aliphatic rings. The number of rotatable bonds is 5.